The fourth-order valence-electron chi connectivity index (χ4n) is 1.53. The first kappa shape index (κ1) is 13.4. The lowest BCUT2D eigenvalue weighted by atomic mass is 10.3. The highest BCUT2D eigenvalue weighted by Gasteiger charge is 2.16. The maximum absolute atomic E-state index is 11.7. The Morgan fingerprint density at radius 1 is 1.42 bits per heavy atom. The Morgan fingerprint density at radius 3 is 2.74 bits per heavy atom. The van der Waals surface area contributed by atoms with Gasteiger partial charge in [0.1, 0.15) is 4.88 Å². The number of ether oxygens (including phenoxy) is 1. The van der Waals surface area contributed by atoms with Crippen molar-refractivity contribution in [1.82, 2.24) is 4.98 Å². The van der Waals surface area contributed by atoms with Crippen LogP contribution in [0.2, 0.25) is 0 Å². The van der Waals surface area contributed by atoms with Gasteiger partial charge in [-0.05, 0) is 38.1 Å². The van der Waals surface area contributed by atoms with Crippen LogP contribution in [-0.4, -0.2) is 17.6 Å². The Bertz CT molecular complexity index is 578. The molecular weight excluding hydrogens is 262 g/mol. The van der Waals surface area contributed by atoms with E-state index in [4.69, 9.17) is 10.5 Å². The number of carbonyl (C=O) groups is 1. The maximum atomic E-state index is 11.7. The average Bonchev–Trinajstić information content (AvgIpc) is 2.74. The van der Waals surface area contributed by atoms with Crippen molar-refractivity contribution in [3.63, 3.8) is 0 Å². The molecule has 2 rings (SSSR count). The van der Waals surface area contributed by atoms with Gasteiger partial charge in [-0.15, -0.1) is 0 Å². The molecule has 0 atom stereocenters. The summed E-state index contributed by atoms with van der Waals surface area (Å²) in [6, 6.07) is 7.32. The van der Waals surface area contributed by atoms with E-state index < -0.39 is 0 Å². The molecule has 0 fully saturated rings. The number of aromatic nitrogens is 1. The predicted octanol–water partition coefficient (Wildman–Crippen LogP) is 2.95. The normalized spacial score (nSPS) is 10.2. The molecule has 0 aliphatic heterocycles. The van der Waals surface area contributed by atoms with Gasteiger partial charge in [-0.3, -0.25) is 0 Å². The monoisotopic (exact) mass is 277 g/mol. The zero-order valence-corrected chi connectivity index (χ0v) is 11.6. The van der Waals surface area contributed by atoms with Gasteiger partial charge in [-0.2, -0.15) is 0 Å². The minimum Gasteiger partial charge on any atom is -0.462 e. The molecule has 0 saturated carbocycles. The molecule has 5 nitrogen and oxygen atoms in total. The van der Waals surface area contributed by atoms with Crippen LogP contribution in [-0.2, 0) is 4.74 Å². The van der Waals surface area contributed by atoms with Crippen LogP contribution >= 0.6 is 11.3 Å². The highest BCUT2D eigenvalue weighted by molar-refractivity contribution is 7.17. The van der Waals surface area contributed by atoms with E-state index >= 15 is 0 Å². The van der Waals surface area contributed by atoms with Crippen molar-refractivity contribution >= 4 is 33.8 Å². The maximum Gasteiger partial charge on any atom is 0.350 e. The molecule has 19 heavy (non-hydrogen) atoms. The van der Waals surface area contributed by atoms with Gasteiger partial charge in [-0.25, -0.2) is 9.78 Å². The number of hydrogen-bond donors (Lipinski definition) is 2. The summed E-state index contributed by atoms with van der Waals surface area (Å²) in [4.78, 5) is 16.5. The first-order valence-corrected chi connectivity index (χ1v) is 6.69. The second kappa shape index (κ2) is 5.71. The highest BCUT2D eigenvalue weighted by atomic mass is 32.1. The first-order valence-electron chi connectivity index (χ1n) is 5.87. The van der Waals surface area contributed by atoms with Crippen LogP contribution < -0.4 is 11.1 Å². The molecule has 0 bridgehead atoms. The van der Waals surface area contributed by atoms with Crippen LogP contribution in [0.25, 0.3) is 0 Å². The van der Waals surface area contributed by atoms with Gasteiger partial charge in [0.05, 0.1) is 12.3 Å². The number of nitrogen functional groups attached to an aromatic ring is 1. The molecule has 3 N–H and O–H groups in total. The molecule has 0 amide bonds. The van der Waals surface area contributed by atoms with E-state index in [1.165, 1.54) is 11.3 Å². The molecule has 100 valence electrons. The average molecular weight is 277 g/mol. The number of rotatable bonds is 4. The van der Waals surface area contributed by atoms with Crippen LogP contribution in [0.15, 0.2) is 24.3 Å². The van der Waals surface area contributed by atoms with Gasteiger partial charge in [0.25, 0.3) is 0 Å². The number of carbonyl (C=O) groups excluding carboxylic acids is 1. The van der Waals surface area contributed by atoms with E-state index in [1.807, 2.05) is 12.1 Å². The molecule has 1 heterocycles. The molecule has 0 radical (unpaired) electrons. The summed E-state index contributed by atoms with van der Waals surface area (Å²) >= 11 is 1.28. The van der Waals surface area contributed by atoms with E-state index in [-0.39, 0.29) is 5.97 Å². The van der Waals surface area contributed by atoms with Crippen LogP contribution in [0, 0.1) is 6.92 Å². The fourth-order valence-corrected chi connectivity index (χ4v) is 2.41. The highest BCUT2D eigenvalue weighted by Crippen LogP contribution is 2.26. The number of hydrogen-bond acceptors (Lipinski definition) is 6. The SMILES string of the molecule is CCOC(=O)c1sc(Nc2ccc(N)cc2)nc1C. The third kappa shape index (κ3) is 3.23. The minimum atomic E-state index is -0.331. The van der Waals surface area contributed by atoms with Gasteiger partial charge in [-0.1, -0.05) is 11.3 Å². The topological polar surface area (TPSA) is 77.2 Å². The number of nitrogens with two attached hydrogens (primary N) is 1. The van der Waals surface area contributed by atoms with Gasteiger partial charge in [0, 0.05) is 11.4 Å². The Labute approximate surface area is 115 Å². The number of nitrogens with one attached hydrogen (secondary N) is 1. The Morgan fingerprint density at radius 2 is 2.11 bits per heavy atom. The lowest BCUT2D eigenvalue weighted by molar-refractivity contribution is 0.0531. The van der Waals surface area contributed by atoms with E-state index in [0.29, 0.717) is 28.0 Å². The minimum absolute atomic E-state index is 0.331. The number of thiazole rings is 1. The molecule has 1 aromatic heterocycles. The zero-order valence-electron chi connectivity index (χ0n) is 10.8. The largest absolute Gasteiger partial charge is 0.462 e. The quantitative estimate of drug-likeness (QED) is 0.663. The molecule has 2 aromatic rings. The molecule has 0 unspecified atom stereocenters. The fraction of sp³-hybridized carbons (Fsp3) is 0.231. The first-order chi connectivity index (χ1) is 9.10. The van der Waals surface area contributed by atoms with E-state index in [0.717, 1.165) is 5.69 Å². The van der Waals surface area contributed by atoms with Crippen molar-refractivity contribution < 1.29 is 9.53 Å². The summed E-state index contributed by atoms with van der Waals surface area (Å²) in [6.07, 6.45) is 0. The molecule has 0 saturated heterocycles. The van der Waals surface area contributed by atoms with Crippen LogP contribution in [0.3, 0.4) is 0 Å². The summed E-state index contributed by atoms with van der Waals surface area (Å²) in [7, 11) is 0. The number of nitrogens with zero attached hydrogens (tertiary/aromatic N) is 1. The predicted molar refractivity (Wildman–Crippen MR) is 76.9 cm³/mol. The summed E-state index contributed by atoms with van der Waals surface area (Å²) in [6.45, 7) is 3.93. The van der Waals surface area contributed by atoms with E-state index in [1.54, 1.807) is 26.0 Å². The zero-order chi connectivity index (χ0) is 13.8. The summed E-state index contributed by atoms with van der Waals surface area (Å²) in [5.41, 5.74) is 7.86. The van der Waals surface area contributed by atoms with Crippen molar-refractivity contribution in [2.45, 2.75) is 13.8 Å². The molecular formula is C13H15N3O2S. The molecule has 0 spiro atoms. The van der Waals surface area contributed by atoms with Crippen molar-refractivity contribution in [3.05, 3.63) is 34.8 Å². The molecule has 0 aliphatic rings. The summed E-state index contributed by atoms with van der Waals surface area (Å²) in [5, 5.41) is 3.79. The Balaban J connectivity index is 2.16. The smallest absolute Gasteiger partial charge is 0.350 e. The number of esters is 1. The second-order valence-corrected chi connectivity index (χ2v) is 4.90. The van der Waals surface area contributed by atoms with E-state index in [9.17, 15) is 4.79 Å². The molecule has 1 aromatic carbocycles. The van der Waals surface area contributed by atoms with Gasteiger partial charge < -0.3 is 15.8 Å². The third-order valence-electron chi connectivity index (χ3n) is 2.42. The van der Waals surface area contributed by atoms with Crippen LogP contribution in [0.5, 0.6) is 0 Å². The number of anilines is 3. The van der Waals surface area contributed by atoms with Crippen molar-refractivity contribution in [1.29, 1.82) is 0 Å². The Hall–Kier alpha value is -2.08. The summed E-state index contributed by atoms with van der Waals surface area (Å²) < 4.78 is 4.98. The summed E-state index contributed by atoms with van der Waals surface area (Å²) in [5.74, 6) is -0.331. The molecule has 0 aliphatic carbocycles. The number of aryl methyl sites for hydroxylation is 1. The van der Waals surface area contributed by atoms with Gasteiger partial charge >= 0.3 is 5.97 Å². The second-order valence-electron chi connectivity index (χ2n) is 3.90. The third-order valence-corrected chi connectivity index (χ3v) is 3.47. The lowest BCUT2D eigenvalue weighted by Crippen LogP contribution is -2.03. The van der Waals surface area contributed by atoms with Crippen molar-refractivity contribution in [2.75, 3.05) is 17.7 Å². The number of benzene rings is 1. The van der Waals surface area contributed by atoms with Gasteiger partial charge in [0.15, 0.2) is 5.13 Å². The van der Waals surface area contributed by atoms with E-state index in [2.05, 4.69) is 10.3 Å². The van der Waals surface area contributed by atoms with Gasteiger partial charge in [0.2, 0.25) is 0 Å². The van der Waals surface area contributed by atoms with Crippen LogP contribution in [0.1, 0.15) is 22.3 Å². The standard InChI is InChI=1S/C13H15N3O2S/c1-3-18-12(17)11-8(2)15-13(19-11)16-10-6-4-9(14)5-7-10/h4-7H,3,14H2,1-2H3,(H,15,16). The lowest BCUT2D eigenvalue weighted by Gasteiger charge is -2.02. The van der Waals surface area contributed by atoms with Crippen LogP contribution in [0.4, 0.5) is 16.5 Å². The Kier molecular flexibility index (Phi) is 4.01. The van der Waals surface area contributed by atoms with Crippen molar-refractivity contribution in [3.8, 4) is 0 Å². The van der Waals surface area contributed by atoms with Crippen molar-refractivity contribution in [2.24, 2.45) is 0 Å². The molecule has 6 heteroatoms.